The smallest absolute Gasteiger partial charge is 0.262 e. The van der Waals surface area contributed by atoms with Crippen LogP contribution in [0.25, 0.3) is 10.9 Å². The summed E-state index contributed by atoms with van der Waals surface area (Å²) in [6.07, 6.45) is 0. The van der Waals surface area contributed by atoms with Gasteiger partial charge in [0, 0.05) is 5.75 Å². The van der Waals surface area contributed by atoms with Crippen LogP contribution in [0.3, 0.4) is 0 Å². The van der Waals surface area contributed by atoms with E-state index in [0.29, 0.717) is 22.6 Å². The third kappa shape index (κ3) is 3.85. The quantitative estimate of drug-likeness (QED) is 0.348. The van der Waals surface area contributed by atoms with Crippen molar-refractivity contribution in [2.24, 2.45) is 0 Å². The number of benzene rings is 3. The van der Waals surface area contributed by atoms with Crippen molar-refractivity contribution in [2.75, 3.05) is 0 Å². The maximum Gasteiger partial charge on any atom is 0.262 e. The van der Waals surface area contributed by atoms with Crippen molar-refractivity contribution in [1.82, 2.24) is 9.55 Å². The largest absolute Gasteiger partial charge is 0.283 e. The summed E-state index contributed by atoms with van der Waals surface area (Å²) in [5.41, 5.74) is 3.89. The topological polar surface area (TPSA) is 34.9 Å². The van der Waals surface area contributed by atoms with Gasteiger partial charge in [-0.15, -0.1) is 0 Å². The highest BCUT2D eigenvalue weighted by Crippen LogP contribution is 2.24. The van der Waals surface area contributed by atoms with E-state index in [4.69, 9.17) is 4.98 Å². The van der Waals surface area contributed by atoms with Crippen LogP contribution >= 0.6 is 11.8 Å². The lowest BCUT2D eigenvalue weighted by Gasteiger charge is -2.14. The highest BCUT2D eigenvalue weighted by molar-refractivity contribution is 7.98. The number of thioether (sulfide) groups is 1. The van der Waals surface area contributed by atoms with E-state index < -0.39 is 0 Å². The number of hydrogen-bond donors (Lipinski definition) is 0. The highest BCUT2D eigenvalue weighted by Gasteiger charge is 2.13. The predicted molar refractivity (Wildman–Crippen MR) is 112 cm³/mol. The molecule has 0 amide bonds. The van der Waals surface area contributed by atoms with Gasteiger partial charge in [0.25, 0.3) is 5.56 Å². The standard InChI is InChI=1S/C23H19FN2OS/c1-16-6-2-3-7-18(16)15-28-23-25-21-9-5-4-8-20(21)22(27)26(23)14-17-10-12-19(24)13-11-17/h2-13H,14-15H2,1H3. The van der Waals surface area contributed by atoms with Gasteiger partial charge in [0.05, 0.1) is 17.4 Å². The molecule has 3 nitrogen and oxygen atoms in total. The first-order valence-corrected chi connectivity index (χ1v) is 10.0. The zero-order chi connectivity index (χ0) is 19.5. The van der Waals surface area contributed by atoms with Gasteiger partial charge >= 0.3 is 0 Å². The van der Waals surface area contributed by atoms with Crippen molar-refractivity contribution in [3.8, 4) is 0 Å². The molecule has 0 fully saturated rings. The van der Waals surface area contributed by atoms with Crippen LogP contribution in [0.1, 0.15) is 16.7 Å². The Morgan fingerprint density at radius 3 is 2.46 bits per heavy atom. The lowest BCUT2D eigenvalue weighted by molar-refractivity contribution is 0.622. The summed E-state index contributed by atoms with van der Waals surface area (Å²) in [5.74, 6) is 0.433. The second-order valence-corrected chi connectivity index (χ2v) is 7.59. The Morgan fingerprint density at radius 2 is 1.68 bits per heavy atom. The minimum absolute atomic E-state index is 0.0813. The fourth-order valence-electron chi connectivity index (χ4n) is 3.08. The van der Waals surface area contributed by atoms with Crippen LogP contribution in [-0.4, -0.2) is 9.55 Å². The molecule has 0 saturated carbocycles. The molecular weight excluding hydrogens is 371 g/mol. The minimum Gasteiger partial charge on any atom is -0.283 e. The third-order valence-electron chi connectivity index (χ3n) is 4.70. The van der Waals surface area contributed by atoms with Gasteiger partial charge in [-0.25, -0.2) is 9.37 Å². The molecule has 4 rings (SSSR count). The average molecular weight is 390 g/mol. The van der Waals surface area contributed by atoms with Gasteiger partial charge in [-0.1, -0.05) is 60.3 Å². The van der Waals surface area contributed by atoms with Crippen LogP contribution < -0.4 is 5.56 Å². The van der Waals surface area contributed by atoms with E-state index in [0.717, 1.165) is 11.3 Å². The summed E-state index contributed by atoms with van der Waals surface area (Å²) in [5, 5.41) is 1.25. The van der Waals surface area contributed by atoms with Crippen LogP contribution in [0, 0.1) is 12.7 Å². The zero-order valence-corrected chi connectivity index (χ0v) is 16.2. The molecule has 0 unspecified atom stereocenters. The molecule has 0 aliphatic rings. The molecule has 0 bridgehead atoms. The fraction of sp³-hybridized carbons (Fsp3) is 0.130. The lowest BCUT2D eigenvalue weighted by atomic mass is 10.1. The number of nitrogens with zero attached hydrogens (tertiary/aromatic N) is 2. The summed E-state index contributed by atoms with van der Waals surface area (Å²) < 4.78 is 14.9. The van der Waals surface area contributed by atoms with Crippen LogP contribution in [0.4, 0.5) is 4.39 Å². The first-order chi connectivity index (χ1) is 13.6. The molecule has 0 atom stereocenters. The third-order valence-corrected chi connectivity index (χ3v) is 5.72. The molecule has 0 aliphatic heterocycles. The minimum atomic E-state index is -0.290. The number of fused-ring (bicyclic) bond motifs is 1. The number of aromatic nitrogens is 2. The predicted octanol–water partition coefficient (Wildman–Crippen LogP) is 5.18. The number of aryl methyl sites for hydroxylation is 1. The van der Waals surface area contributed by atoms with Crippen LogP contribution in [0.2, 0.25) is 0 Å². The molecule has 0 radical (unpaired) electrons. The van der Waals surface area contributed by atoms with Crippen LogP contribution in [-0.2, 0) is 12.3 Å². The number of rotatable bonds is 5. The summed E-state index contributed by atoms with van der Waals surface area (Å²) in [7, 11) is 0. The van der Waals surface area contributed by atoms with Crippen molar-refractivity contribution in [3.63, 3.8) is 0 Å². The number of para-hydroxylation sites is 1. The van der Waals surface area contributed by atoms with E-state index in [1.807, 2.05) is 30.3 Å². The molecule has 0 spiro atoms. The summed E-state index contributed by atoms with van der Waals surface area (Å²) in [4.78, 5) is 17.9. The second kappa shape index (κ2) is 7.98. The summed E-state index contributed by atoms with van der Waals surface area (Å²) in [6, 6.07) is 21.8. The van der Waals surface area contributed by atoms with Gasteiger partial charge in [0.1, 0.15) is 5.82 Å². The van der Waals surface area contributed by atoms with Gasteiger partial charge in [-0.3, -0.25) is 9.36 Å². The van der Waals surface area contributed by atoms with Crippen LogP contribution in [0.15, 0.2) is 82.7 Å². The Labute approximate surface area is 166 Å². The van der Waals surface area contributed by atoms with Gasteiger partial charge < -0.3 is 0 Å². The molecule has 3 aromatic carbocycles. The maximum atomic E-state index is 13.3. The van der Waals surface area contributed by atoms with E-state index in [1.165, 1.54) is 23.3 Å². The van der Waals surface area contributed by atoms with E-state index in [9.17, 15) is 9.18 Å². The van der Waals surface area contributed by atoms with Crippen molar-refractivity contribution in [1.29, 1.82) is 0 Å². The van der Waals surface area contributed by atoms with E-state index in [-0.39, 0.29) is 11.4 Å². The van der Waals surface area contributed by atoms with E-state index in [2.05, 4.69) is 19.1 Å². The molecule has 5 heteroatoms. The molecule has 0 aliphatic carbocycles. The summed E-state index contributed by atoms with van der Waals surface area (Å²) >= 11 is 1.54. The Hall–Kier alpha value is -2.92. The normalized spacial score (nSPS) is 11.1. The summed E-state index contributed by atoms with van der Waals surface area (Å²) in [6.45, 7) is 2.43. The van der Waals surface area contributed by atoms with Crippen molar-refractivity contribution in [3.05, 3.63) is 106 Å². The van der Waals surface area contributed by atoms with Crippen molar-refractivity contribution < 1.29 is 4.39 Å². The SMILES string of the molecule is Cc1ccccc1CSc1nc2ccccc2c(=O)n1Cc1ccc(F)cc1. The maximum absolute atomic E-state index is 13.3. The van der Waals surface area contributed by atoms with Crippen molar-refractivity contribution >= 4 is 22.7 Å². The average Bonchev–Trinajstić information content (AvgIpc) is 2.71. The van der Waals surface area contributed by atoms with Gasteiger partial charge in [-0.2, -0.15) is 0 Å². The molecule has 28 heavy (non-hydrogen) atoms. The molecular formula is C23H19FN2OS. The van der Waals surface area contributed by atoms with E-state index in [1.54, 1.807) is 34.5 Å². The monoisotopic (exact) mass is 390 g/mol. The number of halogens is 1. The Balaban J connectivity index is 1.75. The molecule has 1 heterocycles. The molecule has 0 saturated heterocycles. The Bertz CT molecular complexity index is 1190. The first kappa shape index (κ1) is 18.4. The second-order valence-electron chi connectivity index (χ2n) is 6.64. The Morgan fingerprint density at radius 1 is 0.964 bits per heavy atom. The van der Waals surface area contributed by atoms with Gasteiger partial charge in [0.15, 0.2) is 5.16 Å². The Kier molecular flexibility index (Phi) is 5.26. The fourth-order valence-corrected chi connectivity index (χ4v) is 4.16. The highest BCUT2D eigenvalue weighted by atomic mass is 32.2. The molecule has 140 valence electrons. The molecule has 1 aromatic heterocycles. The van der Waals surface area contributed by atoms with Gasteiger partial charge in [0.2, 0.25) is 0 Å². The zero-order valence-electron chi connectivity index (χ0n) is 15.4. The molecule has 4 aromatic rings. The molecule has 0 N–H and O–H groups in total. The first-order valence-electron chi connectivity index (χ1n) is 9.03. The lowest BCUT2D eigenvalue weighted by Crippen LogP contribution is -2.24. The van der Waals surface area contributed by atoms with Crippen LogP contribution in [0.5, 0.6) is 0 Å². The number of hydrogen-bond acceptors (Lipinski definition) is 3. The van der Waals surface area contributed by atoms with Gasteiger partial charge in [-0.05, 0) is 47.9 Å². The van der Waals surface area contributed by atoms with E-state index >= 15 is 0 Å². The van der Waals surface area contributed by atoms with Crippen molar-refractivity contribution in [2.45, 2.75) is 24.4 Å².